The van der Waals surface area contributed by atoms with Gasteiger partial charge in [0.05, 0.1) is 13.1 Å². The number of rotatable bonds is 8. The van der Waals surface area contributed by atoms with Crippen molar-refractivity contribution < 1.29 is 19.4 Å². The van der Waals surface area contributed by atoms with Gasteiger partial charge in [-0.1, -0.05) is 54.6 Å². The number of amides is 2. The summed E-state index contributed by atoms with van der Waals surface area (Å²) >= 11 is 0. The molecule has 0 radical (unpaired) electrons. The van der Waals surface area contributed by atoms with Crippen molar-refractivity contribution in [1.82, 2.24) is 5.32 Å². The van der Waals surface area contributed by atoms with E-state index in [4.69, 9.17) is 0 Å². The third-order valence-corrected chi connectivity index (χ3v) is 5.78. The highest BCUT2D eigenvalue weighted by atomic mass is 16.2. The van der Waals surface area contributed by atoms with E-state index in [2.05, 4.69) is 34.9 Å². The van der Waals surface area contributed by atoms with Gasteiger partial charge >= 0.3 is 0 Å². The van der Waals surface area contributed by atoms with Crippen molar-refractivity contribution in [3.05, 3.63) is 71.3 Å². The second-order valence-corrected chi connectivity index (χ2v) is 8.29. The number of carbonyl (C=O) groups is 2. The minimum atomic E-state index is -0.194. The van der Waals surface area contributed by atoms with E-state index in [0.717, 1.165) is 49.5 Å². The summed E-state index contributed by atoms with van der Waals surface area (Å²) in [6.45, 7) is 9.39. The van der Waals surface area contributed by atoms with Crippen molar-refractivity contribution in [2.45, 2.75) is 13.8 Å². The Hall–Kier alpha value is -2.96. The monoisotopic (exact) mass is 422 g/mol. The Morgan fingerprint density at radius 3 is 2.19 bits per heavy atom. The number of aryl methyl sites for hydroxylation is 2. The number of benzene rings is 2. The topological polar surface area (TPSA) is 67.1 Å². The van der Waals surface area contributed by atoms with Crippen LogP contribution in [0.3, 0.4) is 0 Å². The molecule has 1 saturated heterocycles. The van der Waals surface area contributed by atoms with Gasteiger partial charge in [-0.2, -0.15) is 0 Å². The first kappa shape index (κ1) is 22.7. The van der Waals surface area contributed by atoms with E-state index in [1.165, 1.54) is 10.5 Å². The summed E-state index contributed by atoms with van der Waals surface area (Å²) in [5.74, 6) is -0.265. The number of anilines is 1. The van der Waals surface area contributed by atoms with E-state index in [1.807, 2.05) is 50.2 Å². The summed E-state index contributed by atoms with van der Waals surface area (Å²) in [6, 6.07) is 16.2. The molecule has 2 amide bonds. The lowest BCUT2D eigenvalue weighted by Gasteiger charge is -2.28. The van der Waals surface area contributed by atoms with E-state index in [1.54, 1.807) is 4.90 Å². The molecule has 1 heterocycles. The van der Waals surface area contributed by atoms with Crippen molar-refractivity contribution >= 4 is 23.6 Å². The Bertz CT molecular complexity index is 883. The first-order chi connectivity index (χ1) is 15.0. The number of para-hydroxylation sites is 1. The number of carbonyl (C=O) groups excluding carboxylic acids is 2. The zero-order valence-corrected chi connectivity index (χ0v) is 18.5. The Morgan fingerprint density at radius 2 is 1.52 bits per heavy atom. The maximum Gasteiger partial charge on any atom is 0.275 e. The van der Waals surface area contributed by atoms with Crippen LogP contribution in [0.1, 0.15) is 16.7 Å². The summed E-state index contributed by atoms with van der Waals surface area (Å²) in [5, 5.41) is 5.67. The maximum atomic E-state index is 12.3. The summed E-state index contributed by atoms with van der Waals surface area (Å²) in [4.78, 5) is 27.3. The zero-order valence-electron chi connectivity index (χ0n) is 18.5. The molecule has 6 heteroatoms. The summed E-state index contributed by atoms with van der Waals surface area (Å²) in [5.41, 5.74) is 4.09. The number of nitrogens with one attached hydrogen (secondary N) is 4. The van der Waals surface area contributed by atoms with Crippen LogP contribution in [0.4, 0.5) is 5.69 Å². The van der Waals surface area contributed by atoms with Crippen LogP contribution < -0.4 is 20.4 Å². The molecule has 31 heavy (non-hydrogen) atoms. The van der Waals surface area contributed by atoms with Crippen molar-refractivity contribution in [3.8, 4) is 0 Å². The number of hydrogen-bond donors (Lipinski definition) is 4. The lowest BCUT2D eigenvalue weighted by molar-refractivity contribution is -1.01. The molecule has 2 aromatic carbocycles. The van der Waals surface area contributed by atoms with Crippen LogP contribution in [-0.2, 0) is 9.59 Å². The fraction of sp³-hybridized carbons (Fsp3) is 0.360. The Labute approximate surface area is 184 Å². The Balaban J connectivity index is 1.33. The van der Waals surface area contributed by atoms with Crippen LogP contribution in [-0.4, -0.2) is 57.6 Å². The highest BCUT2D eigenvalue weighted by molar-refractivity contribution is 5.95. The minimum absolute atomic E-state index is 0.00153. The summed E-state index contributed by atoms with van der Waals surface area (Å²) < 4.78 is 0. The molecule has 1 aliphatic heterocycles. The van der Waals surface area contributed by atoms with Gasteiger partial charge in [-0.15, -0.1) is 0 Å². The molecular formula is C25H34N4O2+2. The molecule has 164 valence electrons. The average molecular weight is 423 g/mol. The Morgan fingerprint density at radius 1 is 0.871 bits per heavy atom. The summed E-state index contributed by atoms with van der Waals surface area (Å²) in [7, 11) is 0. The number of hydrogen-bond acceptors (Lipinski definition) is 2. The van der Waals surface area contributed by atoms with Crippen LogP contribution in [0, 0.1) is 13.8 Å². The molecule has 0 unspecified atom stereocenters. The maximum absolute atomic E-state index is 12.3. The van der Waals surface area contributed by atoms with Gasteiger partial charge in [-0.25, -0.2) is 0 Å². The zero-order chi connectivity index (χ0) is 22.1. The van der Waals surface area contributed by atoms with Crippen LogP contribution >= 0.6 is 0 Å². The third-order valence-electron chi connectivity index (χ3n) is 5.78. The molecular weight excluding hydrogens is 388 g/mol. The molecule has 6 nitrogen and oxygen atoms in total. The van der Waals surface area contributed by atoms with Gasteiger partial charge < -0.3 is 20.4 Å². The molecule has 1 aliphatic rings. The van der Waals surface area contributed by atoms with Crippen molar-refractivity contribution in [3.63, 3.8) is 0 Å². The normalized spacial score (nSPS) is 18.6. The van der Waals surface area contributed by atoms with Gasteiger partial charge in [0.25, 0.3) is 5.91 Å². The van der Waals surface area contributed by atoms with E-state index in [9.17, 15) is 9.59 Å². The minimum Gasteiger partial charge on any atom is -0.342 e. The molecule has 0 saturated carbocycles. The average Bonchev–Trinajstić information content (AvgIpc) is 2.77. The van der Waals surface area contributed by atoms with E-state index in [-0.39, 0.29) is 18.4 Å². The smallest absolute Gasteiger partial charge is 0.275 e. The van der Waals surface area contributed by atoms with Crippen LogP contribution in [0.2, 0.25) is 0 Å². The highest BCUT2D eigenvalue weighted by Crippen LogP contribution is 2.18. The van der Waals surface area contributed by atoms with Gasteiger partial charge in [0, 0.05) is 5.69 Å². The lowest BCUT2D eigenvalue weighted by atomic mass is 10.1. The second kappa shape index (κ2) is 11.4. The van der Waals surface area contributed by atoms with Gasteiger partial charge in [0.1, 0.15) is 26.2 Å². The van der Waals surface area contributed by atoms with Crippen molar-refractivity contribution in [1.29, 1.82) is 0 Å². The summed E-state index contributed by atoms with van der Waals surface area (Å²) in [6.07, 6.45) is 4.40. The molecule has 1 fully saturated rings. The fourth-order valence-electron chi connectivity index (χ4n) is 3.93. The standard InChI is InChI=1S/C25H32N4O2/c1-20-8-6-9-21(2)25(20)27-23(30)18-26-24(31)19-29-16-14-28(15-17-29)13-7-12-22-10-4-3-5-11-22/h3-12H,13-19H2,1-2H3,(H,26,31)(H,27,30)/p+2/b12-7+. The lowest BCUT2D eigenvalue weighted by Crippen LogP contribution is -3.28. The van der Waals surface area contributed by atoms with Crippen molar-refractivity contribution in [2.24, 2.45) is 0 Å². The molecule has 2 aromatic rings. The quantitative estimate of drug-likeness (QED) is 0.478. The third kappa shape index (κ3) is 7.35. The highest BCUT2D eigenvalue weighted by Gasteiger charge is 2.24. The van der Waals surface area contributed by atoms with E-state index in [0.29, 0.717) is 6.54 Å². The molecule has 0 atom stereocenters. The predicted molar refractivity (Wildman–Crippen MR) is 124 cm³/mol. The SMILES string of the molecule is Cc1cccc(C)c1NC(=O)CNC(=O)C[NH+]1CC[NH+](C/C=C/c2ccccc2)CC1. The number of piperazine rings is 1. The molecule has 0 bridgehead atoms. The fourth-order valence-corrected chi connectivity index (χ4v) is 3.93. The predicted octanol–water partition coefficient (Wildman–Crippen LogP) is -0.145. The second-order valence-electron chi connectivity index (χ2n) is 8.29. The molecule has 0 spiro atoms. The van der Waals surface area contributed by atoms with Gasteiger partial charge in [-0.05, 0) is 36.6 Å². The molecule has 0 aliphatic carbocycles. The van der Waals surface area contributed by atoms with E-state index < -0.39 is 0 Å². The van der Waals surface area contributed by atoms with Crippen LogP contribution in [0.15, 0.2) is 54.6 Å². The number of quaternary nitrogens is 2. The van der Waals surface area contributed by atoms with Crippen LogP contribution in [0.25, 0.3) is 6.08 Å². The van der Waals surface area contributed by atoms with Gasteiger partial charge in [-0.3, -0.25) is 9.59 Å². The largest absolute Gasteiger partial charge is 0.342 e. The Kier molecular flexibility index (Phi) is 8.38. The molecule has 4 N–H and O–H groups in total. The van der Waals surface area contributed by atoms with Crippen LogP contribution in [0.5, 0.6) is 0 Å². The van der Waals surface area contributed by atoms with Gasteiger partial charge in [0.2, 0.25) is 5.91 Å². The molecule has 3 rings (SSSR count). The first-order valence-electron chi connectivity index (χ1n) is 11.0. The van der Waals surface area contributed by atoms with Crippen molar-refractivity contribution in [2.75, 3.05) is 51.1 Å². The van der Waals surface area contributed by atoms with Gasteiger partial charge in [0.15, 0.2) is 6.54 Å². The van der Waals surface area contributed by atoms with E-state index >= 15 is 0 Å². The first-order valence-corrected chi connectivity index (χ1v) is 11.0. The molecule has 0 aromatic heterocycles.